The number of ketones is 1. The Morgan fingerprint density at radius 1 is 1.00 bits per heavy atom. The lowest BCUT2D eigenvalue weighted by atomic mass is 9.98. The van der Waals surface area contributed by atoms with E-state index in [-0.39, 0.29) is 5.78 Å². The molecule has 0 spiro atoms. The SMILES string of the molecule is Cc1c(OCc2ccccc2)cccc1C(=O)c1cccnc1NCC(C)C. The first-order valence-corrected chi connectivity index (χ1v) is 9.56. The van der Waals surface area contributed by atoms with Gasteiger partial charge < -0.3 is 10.1 Å². The first-order valence-electron chi connectivity index (χ1n) is 9.56. The first-order chi connectivity index (χ1) is 13.6. The molecule has 144 valence electrons. The molecule has 4 heteroatoms. The molecule has 0 radical (unpaired) electrons. The second-order valence-corrected chi connectivity index (χ2v) is 7.21. The van der Waals surface area contributed by atoms with Gasteiger partial charge in [0.15, 0.2) is 5.78 Å². The highest BCUT2D eigenvalue weighted by molar-refractivity contribution is 6.12. The molecule has 0 saturated carbocycles. The zero-order valence-electron chi connectivity index (χ0n) is 16.6. The van der Waals surface area contributed by atoms with Gasteiger partial charge in [-0.3, -0.25) is 4.79 Å². The van der Waals surface area contributed by atoms with Crippen LogP contribution in [0.5, 0.6) is 5.75 Å². The molecule has 1 heterocycles. The maximum atomic E-state index is 13.2. The molecule has 0 bridgehead atoms. The lowest BCUT2D eigenvalue weighted by molar-refractivity contribution is 0.103. The molecular weight excluding hydrogens is 348 g/mol. The topological polar surface area (TPSA) is 51.2 Å². The summed E-state index contributed by atoms with van der Waals surface area (Å²) in [6.07, 6.45) is 1.70. The third-order valence-corrected chi connectivity index (χ3v) is 4.50. The number of anilines is 1. The summed E-state index contributed by atoms with van der Waals surface area (Å²) >= 11 is 0. The molecule has 0 atom stereocenters. The zero-order valence-corrected chi connectivity index (χ0v) is 16.6. The van der Waals surface area contributed by atoms with Crippen molar-refractivity contribution in [2.45, 2.75) is 27.4 Å². The van der Waals surface area contributed by atoms with Gasteiger partial charge in [-0.15, -0.1) is 0 Å². The van der Waals surface area contributed by atoms with Gasteiger partial charge in [0.2, 0.25) is 0 Å². The molecule has 0 aliphatic rings. The average Bonchev–Trinajstić information content (AvgIpc) is 2.72. The number of pyridine rings is 1. The van der Waals surface area contributed by atoms with E-state index in [1.807, 2.05) is 61.5 Å². The third-order valence-electron chi connectivity index (χ3n) is 4.50. The van der Waals surface area contributed by atoms with Crippen LogP contribution in [0.15, 0.2) is 66.9 Å². The second kappa shape index (κ2) is 9.18. The normalized spacial score (nSPS) is 10.7. The predicted molar refractivity (Wildman–Crippen MR) is 113 cm³/mol. The molecule has 0 aliphatic heterocycles. The lowest BCUT2D eigenvalue weighted by Crippen LogP contribution is -2.14. The largest absolute Gasteiger partial charge is 0.489 e. The van der Waals surface area contributed by atoms with Crippen LogP contribution in [0.2, 0.25) is 0 Å². The van der Waals surface area contributed by atoms with Crippen molar-refractivity contribution >= 4 is 11.6 Å². The minimum atomic E-state index is -0.0537. The van der Waals surface area contributed by atoms with Crippen LogP contribution in [0, 0.1) is 12.8 Å². The van der Waals surface area contributed by atoms with Crippen molar-refractivity contribution in [1.29, 1.82) is 0 Å². The Labute approximate surface area is 166 Å². The number of carbonyl (C=O) groups excluding carboxylic acids is 1. The minimum Gasteiger partial charge on any atom is -0.489 e. The fourth-order valence-corrected chi connectivity index (χ4v) is 2.93. The quantitative estimate of drug-likeness (QED) is 0.546. The van der Waals surface area contributed by atoms with Crippen molar-refractivity contribution in [1.82, 2.24) is 4.98 Å². The number of nitrogens with one attached hydrogen (secondary N) is 1. The maximum absolute atomic E-state index is 13.2. The molecular formula is C24H26N2O2. The van der Waals surface area contributed by atoms with Crippen molar-refractivity contribution in [2.24, 2.45) is 5.92 Å². The molecule has 4 nitrogen and oxygen atoms in total. The molecule has 0 saturated heterocycles. The van der Waals surface area contributed by atoms with E-state index in [4.69, 9.17) is 4.74 Å². The van der Waals surface area contributed by atoms with Gasteiger partial charge in [0.1, 0.15) is 18.2 Å². The van der Waals surface area contributed by atoms with E-state index in [2.05, 4.69) is 24.1 Å². The van der Waals surface area contributed by atoms with Gasteiger partial charge in [0.25, 0.3) is 0 Å². The molecule has 3 aromatic rings. The van der Waals surface area contributed by atoms with Crippen LogP contribution >= 0.6 is 0 Å². The summed E-state index contributed by atoms with van der Waals surface area (Å²) in [6, 6.07) is 19.2. The van der Waals surface area contributed by atoms with Crippen LogP contribution in [0.25, 0.3) is 0 Å². The van der Waals surface area contributed by atoms with E-state index in [0.29, 0.717) is 29.5 Å². The van der Waals surface area contributed by atoms with Crippen molar-refractivity contribution in [3.63, 3.8) is 0 Å². The third kappa shape index (κ3) is 4.77. The number of hydrogen-bond donors (Lipinski definition) is 1. The van der Waals surface area contributed by atoms with Crippen molar-refractivity contribution in [3.05, 3.63) is 89.1 Å². The molecule has 0 fully saturated rings. The molecule has 0 amide bonds. The standard InChI is InChI=1S/C24H26N2O2/c1-17(2)15-26-24-21(12-8-14-25-24)23(27)20-11-7-13-22(18(20)3)28-16-19-9-5-4-6-10-19/h4-14,17H,15-16H2,1-3H3,(H,25,26). The van der Waals surface area contributed by atoms with Gasteiger partial charge >= 0.3 is 0 Å². The Morgan fingerprint density at radius 2 is 1.75 bits per heavy atom. The Kier molecular flexibility index (Phi) is 6.43. The van der Waals surface area contributed by atoms with E-state index in [1.165, 1.54) is 0 Å². The lowest BCUT2D eigenvalue weighted by Gasteiger charge is -2.15. The Morgan fingerprint density at radius 3 is 2.50 bits per heavy atom. The van der Waals surface area contributed by atoms with Crippen LogP contribution in [0.1, 0.15) is 40.9 Å². The van der Waals surface area contributed by atoms with Crippen molar-refractivity contribution in [3.8, 4) is 5.75 Å². The van der Waals surface area contributed by atoms with E-state index >= 15 is 0 Å². The molecule has 28 heavy (non-hydrogen) atoms. The van der Waals surface area contributed by atoms with Gasteiger partial charge in [-0.2, -0.15) is 0 Å². The summed E-state index contributed by atoms with van der Waals surface area (Å²) in [4.78, 5) is 17.6. The number of ether oxygens (including phenoxy) is 1. The number of nitrogens with zero attached hydrogens (tertiary/aromatic N) is 1. The molecule has 3 rings (SSSR count). The number of rotatable bonds is 8. The van der Waals surface area contributed by atoms with Gasteiger partial charge in [0.05, 0.1) is 5.56 Å². The van der Waals surface area contributed by atoms with Crippen molar-refractivity contribution < 1.29 is 9.53 Å². The Hall–Kier alpha value is -3.14. The monoisotopic (exact) mass is 374 g/mol. The van der Waals surface area contributed by atoms with Crippen LogP contribution in [-0.2, 0) is 6.61 Å². The summed E-state index contributed by atoms with van der Waals surface area (Å²) in [5.41, 5.74) is 3.13. The van der Waals surface area contributed by atoms with E-state index in [1.54, 1.807) is 12.3 Å². The maximum Gasteiger partial charge on any atom is 0.197 e. The summed E-state index contributed by atoms with van der Waals surface area (Å²) in [5.74, 6) is 1.75. The fourth-order valence-electron chi connectivity index (χ4n) is 2.93. The Bertz CT molecular complexity index is 936. The van der Waals surface area contributed by atoms with E-state index < -0.39 is 0 Å². The smallest absolute Gasteiger partial charge is 0.197 e. The summed E-state index contributed by atoms with van der Waals surface area (Å²) in [7, 11) is 0. The van der Waals surface area contributed by atoms with Gasteiger partial charge in [-0.05, 0) is 36.6 Å². The van der Waals surface area contributed by atoms with Crippen LogP contribution in [0.3, 0.4) is 0 Å². The molecule has 1 N–H and O–H groups in total. The number of carbonyl (C=O) groups is 1. The molecule has 2 aromatic carbocycles. The average molecular weight is 374 g/mol. The van der Waals surface area contributed by atoms with Gasteiger partial charge in [-0.25, -0.2) is 4.98 Å². The van der Waals surface area contributed by atoms with Gasteiger partial charge in [0, 0.05) is 23.9 Å². The fraction of sp³-hybridized carbons (Fsp3) is 0.250. The molecule has 0 unspecified atom stereocenters. The van der Waals surface area contributed by atoms with Crippen molar-refractivity contribution in [2.75, 3.05) is 11.9 Å². The predicted octanol–water partition coefficient (Wildman–Crippen LogP) is 5.27. The summed E-state index contributed by atoms with van der Waals surface area (Å²) < 4.78 is 5.98. The number of hydrogen-bond acceptors (Lipinski definition) is 4. The molecule has 1 aromatic heterocycles. The van der Waals surface area contributed by atoms with E-state index in [0.717, 1.165) is 23.4 Å². The number of benzene rings is 2. The highest BCUT2D eigenvalue weighted by Crippen LogP contribution is 2.26. The van der Waals surface area contributed by atoms with Crippen LogP contribution < -0.4 is 10.1 Å². The zero-order chi connectivity index (χ0) is 19.9. The second-order valence-electron chi connectivity index (χ2n) is 7.21. The highest BCUT2D eigenvalue weighted by atomic mass is 16.5. The summed E-state index contributed by atoms with van der Waals surface area (Å²) in [6.45, 7) is 7.39. The van der Waals surface area contributed by atoms with E-state index in [9.17, 15) is 4.79 Å². The minimum absolute atomic E-state index is 0.0537. The molecule has 0 aliphatic carbocycles. The van der Waals surface area contributed by atoms with Crippen LogP contribution in [0.4, 0.5) is 5.82 Å². The van der Waals surface area contributed by atoms with Crippen LogP contribution in [-0.4, -0.2) is 17.3 Å². The van der Waals surface area contributed by atoms with Gasteiger partial charge in [-0.1, -0.05) is 56.3 Å². The number of aromatic nitrogens is 1. The summed E-state index contributed by atoms with van der Waals surface area (Å²) in [5, 5.41) is 3.28. The highest BCUT2D eigenvalue weighted by Gasteiger charge is 2.18. The first kappa shape index (κ1) is 19.6. The Balaban J connectivity index is 1.83.